The molecule has 0 radical (unpaired) electrons. The topological polar surface area (TPSA) is 84.4 Å². The molecule has 0 aliphatic rings. The van der Waals surface area contributed by atoms with Crippen LogP contribution in [-0.2, 0) is 0 Å². The Balaban J connectivity index is 2.49. The van der Waals surface area contributed by atoms with Crippen molar-refractivity contribution in [3.8, 4) is 11.4 Å². The molecule has 2 rings (SSSR count). The van der Waals surface area contributed by atoms with Gasteiger partial charge < -0.3 is 0 Å². The third-order valence-corrected chi connectivity index (χ3v) is 1.71. The number of carbonyl (C=O) groups excluding carboxylic acids is 1. The van der Waals surface area contributed by atoms with Gasteiger partial charge in [0, 0.05) is 6.20 Å². The Labute approximate surface area is 79.4 Å². The van der Waals surface area contributed by atoms with Gasteiger partial charge in [-0.1, -0.05) is 0 Å². The maximum atomic E-state index is 10.6. The summed E-state index contributed by atoms with van der Waals surface area (Å²) in [5.74, 6) is 0. The summed E-state index contributed by atoms with van der Waals surface area (Å²) in [5, 5.41) is 9.84. The van der Waals surface area contributed by atoms with Gasteiger partial charge in [0.15, 0.2) is 12.0 Å². The molecule has 0 bridgehead atoms. The van der Waals surface area contributed by atoms with Crippen LogP contribution in [0.2, 0.25) is 0 Å². The Kier molecular flexibility index (Phi) is 2.02. The van der Waals surface area contributed by atoms with Crippen LogP contribution in [0, 0.1) is 6.92 Å². The van der Waals surface area contributed by atoms with E-state index in [-0.39, 0.29) is 5.69 Å². The van der Waals surface area contributed by atoms with Crippen molar-refractivity contribution in [3.05, 3.63) is 23.8 Å². The molecule has 0 fully saturated rings. The summed E-state index contributed by atoms with van der Waals surface area (Å²) in [5.41, 5.74) is 2.01. The molecular weight excluding hydrogens is 182 g/mol. The molecule has 2 aromatic rings. The van der Waals surface area contributed by atoms with Crippen molar-refractivity contribution in [1.82, 2.24) is 25.4 Å². The van der Waals surface area contributed by atoms with Gasteiger partial charge >= 0.3 is 0 Å². The molecule has 0 atom stereocenters. The smallest absolute Gasteiger partial charge is 0.172 e. The number of aryl methyl sites for hydroxylation is 1. The van der Waals surface area contributed by atoms with E-state index < -0.39 is 0 Å². The van der Waals surface area contributed by atoms with Crippen LogP contribution < -0.4 is 0 Å². The number of rotatable bonds is 2. The first-order valence-electron chi connectivity index (χ1n) is 3.96. The van der Waals surface area contributed by atoms with Crippen molar-refractivity contribution in [1.29, 1.82) is 0 Å². The standard InChI is InChI=1S/C8H7N5O/c1-5-2-10-6(3-9-5)8-7(4-14)11-13-12-8/h2-4H,1H3,(H,11,12,13). The Morgan fingerprint density at radius 2 is 2.14 bits per heavy atom. The molecule has 0 aliphatic carbocycles. The number of H-pyrrole nitrogens is 1. The molecule has 0 saturated carbocycles. The van der Waals surface area contributed by atoms with Crippen molar-refractivity contribution >= 4 is 6.29 Å². The number of aromatic nitrogens is 5. The molecule has 0 amide bonds. The number of nitrogens with zero attached hydrogens (tertiary/aromatic N) is 4. The molecule has 0 aromatic carbocycles. The van der Waals surface area contributed by atoms with E-state index in [4.69, 9.17) is 0 Å². The summed E-state index contributed by atoms with van der Waals surface area (Å²) in [4.78, 5) is 18.7. The molecule has 0 unspecified atom stereocenters. The molecule has 0 saturated heterocycles. The minimum atomic E-state index is 0.239. The first-order chi connectivity index (χ1) is 6.81. The molecular formula is C8H7N5O. The van der Waals surface area contributed by atoms with E-state index in [1.54, 1.807) is 12.4 Å². The van der Waals surface area contributed by atoms with E-state index in [2.05, 4.69) is 25.4 Å². The molecule has 2 heterocycles. The highest BCUT2D eigenvalue weighted by atomic mass is 16.1. The second-order valence-electron chi connectivity index (χ2n) is 2.72. The second kappa shape index (κ2) is 3.33. The van der Waals surface area contributed by atoms with Crippen molar-refractivity contribution < 1.29 is 4.79 Å². The predicted molar refractivity (Wildman–Crippen MR) is 47.5 cm³/mol. The highest BCUT2D eigenvalue weighted by Crippen LogP contribution is 2.13. The van der Waals surface area contributed by atoms with E-state index in [0.29, 0.717) is 17.7 Å². The lowest BCUT2D eigenvalue weighted by Crippen LogP contribution is -1.91. The highest BCUT2D eigenvalue weighted by molar-refractivity contribution is 5.81. The number of hydrogen-bond donors (Lipinski definition) is 1. The van der Waals surface area contributed by atoms with Gasteiger partial charge in [0.25, 0.3) is 0 Å². The zero-order chi connectivity index (χ0) is 9.97. The second-order valence-corrected chi connectivity index (χ2v) is 2.72. The van der Waals surface area contributed by atoms with Gasteiger partial charge in [-0.25, -0.2) is 0 Å². The Morgan fingerprint density at radius 3 is 2.79 bits per heavy atom. The lowest BCUT2D eigenvalue weighted by atomic mass is 10.2. The minimum absolute atomic E-state index is 0.239. The van der Waals surface area contributed by atoms with Crippen molar-refractivity contribution in [2.24, 2.45) is 0 Å². The molecule has 2 aromatic heterocycles. The lowest BCUT2D eigenvalue weighted by Gasteiger charge is -1.95. The number of hydrogen-bond acceptors (Lipinski definition) is 5. The molecule has 1 N–H and O–H groups in total. The Hall–Kier alpha value is -2.11. The predicted octanol–water partition coefficient (Wildman–Crippen LogP) is 0.383. The molecule has 14 heavy (non-hydrogen) atoms. The first kappa shape index (κ1) is 8.49. The largest absolute Gasteiger partial charge is 0.296 e. The summed E-state index contributed by atoms with van der Waals surface area (Å²) in [6.07, 6.45) is 3.79. The Bertz CT molecular complexity index is 447. The highest BCUT2D eigenvalue weighted by Gasteiger charge is 2.10. The number of carbonyl (C=O) groups is 1. The zero-order valence-electron chi connectivity index (χ0n) is 7.43. The van der Waals surface area contributed by atoms with E-state index >= 15 is 0 Å². The van der Waals surface area contributed by atoms with Crippen LogP contribution in [-0.4, -0.2) is 31.7 Å². The van der Waals surface area contributed by atoms with E-state index in [1.807, 2.05) is 6.92 Å². The molecule has 6 nitrogen and oxygen atoms in total. The third kappa shape index (κ3) is 1.37. The van der Waals surface area contributed by atoms with Gasteiger partial charge in [-0.05, 0) is 6.92 Å². The molecule has 70 valence electrons. The quantitative estimate of drug-likeness (QED) is 0.690. The van der Waals surface area contributed by atoms with E-state index in [0.717, 1.165) is 5.69 Å². The summed E-state index contributed by atoms with van der Waals surface area (Å²) in [6.45, 7) is 1.83. The lowest BCUT2D eigenvalue weighted by molar-refractivity contribution is 0.111. The van der Waals surface area contributed by atoms with Gasteiger partial charge in [0.05, 0.1) is 11.9 Å². The van der Waals surface area contributed by atoms with Crippen LogP contribution in [0.4, 0.5) is 0 Å². The van der Waals surface area contributed by atoms with Crippen molar-refractivity contribution in [2.75, 3.05) is 0 Å². The fourth-order valence-corrected chi connectivity index (χ4v) is 1.02. The average molecular weight is 189 g/mol. The SMILES string of the molecule is Cc1cnc(-c2n[nH]nc2C=O)cn1. The number of aldehydes is 1. The van der Waals surface area contributed by atoms with Crippen molar-refractivity contribution in [2.45, 2.75) is 6.92 Å². The van der Waals surface area contributed by atoms with E-state index in [1.165, 1.54) is 0 Å². The van der Waals surface area contributed by atoms with Gasteiger partial charge in [0.1, 0.15) is 11.4 Å². The van der Waals surface area contributed by atoms with Crippen molar-refractivity contribution in [3.63, 3.8) is 0 Å². The maximum Gasteiger partial charge on any atom is 0.172 e. The van der Waals surface area contributed by atoms with Gasteiger partial charge in [0.2, 0.25) is 0 Å². The van der Waals surface area contributed by atoms with Crippen LogP contribution in [0.15, 0.2) is 12.4 Å². The summed E-state index contributed by atoms with van der Waals surface area (Å²) >= 11 is 0. The summed E-state index contributed by atoms with van der Waals surface area (Å²) in [6, 6.07) is 0. The number of nitrogens with one attached hydrogen (secondary N) is 1. The zero-order valence-corrected chi connectivity index (χ0v) is 7.43. The molecule has 0 aliphatic heterocycles. The van der Waals surface area contributed by atoms with Gasteiger partial charge in [-0.2, -0.15) is 15.4 Å². The van der Waals surface area contributed by atoms with Crippen LogP contribution in [0.25, 0.3) is 11.4 Å². The van der Waals surface area contributed by atoms with Crippen LogP contribution in [0.1, 0.15) is 16.2 Å². The first-order valence-corrected chi connectivity index (χ1v) is 3.96. The monoisotopic (exact) mass is 189 g/mol. The Morgan fingerprint density at radius 1 is 1.29 bits per heavy atom. The van der Waals surface area contributed by atoms with Crippen LogP contribution >= 0.6 is 0 Å². The van der Waals surface area contributed by atoms with Crippen LogP contribution in [0.3, 0.4) is 0 Å². The van der Waals surface area contributed by atoms with Gasteiger partial charge in [-0.15, -0.1) is 0 Å². The van der Waals surface area contributed by atoms with E-state index in [9.17, 15) is 4.79 Å². The average Bonchev–Trinajstić information content (AvgIpc) is 2.67. The minimum Gasteiger partial charge on any atom is -0.296 e. The summed E-state index contributed by atoms with van der Waals surface area (Å²) < 4.78 is 0. The fraction of sp³-hybridized carbons (Fsp3) is 0.125. The molecule has 0 spiro atoms. The third-order valence-electron chi connectivity index (χ3n) is 1.71. The fourth-order valence-electron chi connectivity index (χ4n) is 1.02. The number of aromatic amines is 1. The normalized spacial score (nSPS) is 10.1. The van der Waals surface area contributed by atoms with Gasteiger partial charge in [-0.3, -0.25) is 14.8 Å². The van der Waals surface area contributed by atoms with Crippen LogP contribution in [0.5, 0.6) is 0 Å². The molecule has 6 heteroatoms. The maximum absolute atomic E-state index is 10.6. The summed E-state index contributed by atoms with van der Waals surface area (Å²) in [7, 11) is 0.